The lowest BCUT2D eigenvalue weighted by Crippen LogP contribution is -2.04. The standard InChI is InChI=1S/C14H14F2N2O/c1-9(2)6-18-7-11(8-19)14(17-18)10-3-12(15)5-13(16)4-10/h3-5,7-9H,6H2,1-2H3. The average Bonchev–Trinajstić information content (AvgIpc) is 2.69. The molecule has 1 aromatic heterocycles. The number of hydrogen-bond donors (Lipinski definition) is 0. The van der Waals surface area contributed by atoms with Gasteiger partial charge >= 0.3 is 0 Å². The monoisotopic (exact) mass is 264 g/mol. The summed E-state index contributed by atoms with van der Waals surface area (Å²) in [5, 5.41) is 4.23. The molecule has 3 nitrogen and oxygen atoms in total. The zero-order valence-corrected chi connectivity index (χ0v) is 10.7. The Morgan fingerprint density at radius 2 is 1.89 bits per heavy atom. The summed E-state index contributed by atoms with van der Waals surface area (Å²) in [6.45, 7) is 4.67. The van der Waals surface area contributed by atoms with Crippen LogP contribution >= 0.6 is 0 Å². The van der Waals surface area contributed by atoms with Gasteiger partial charge in [-0.2, -0.15) is 5.10 Å². The summed E-state index contributed by atoms with van der Waals surface area (Å²) in [6.07, 6.45) is 2.23. The molecule has 0 radical (unpaired) electrons. The summed E-state index contributed by atoms with van der Waals surface area (Å²) in [7, 11) is 0. The number of carbonyl (C=O) groups excluding carboxylic acids is 1. The normalized spacial score (nSPS) is 11.0. The number of halogens is 2. The van der Waals surface area contributed by atoms with Crippen molar-refractivity contribution in [2.75, 3.05) is 0 Å². The van der Waals surface area contributed by atoms with Crippen LogP contribution in [0.2, 0.25) is 0 Å². The molecule has 0 fully saturated rings. The zero-order valence-electron chi connectivity index (χ0n) is 10.7. The lowest BCUT2D eigenvalue weighted by molar-refractivity contribution is 0.112. The molecule has 19 heavy (non-hydrogen) atoms. The van der Waals surface area contributed by atoms with E-state index in [4.69, 9.17) is 0 Å². The summed E-state index contributed by atoms with van der Waals surface area (Å²) < 4.78 is 28.0. The number of benzene rings is 1. The van der Waals surface area contributed by atoms with E-state index in [-0.39, 0.29) is 5.56 Å². The molecule has 0 unspecified atom stereocenters. The molecule has 0 bridgehead atoms. The van der Waals surface area contributed by atoms with Gasteiger partial charge in [0.15, 0.2) is 6.29 Å². The van der Waals surface area contributed by atoms with Gasteiger partial charge in [-0.05, 0) is 18.1 Å². The van der Waals surface area contributed by atoms with Gasteiger partial charge in [-0.1, -0.05) is 13.8 Å². The highest BCUT2D eigenvalue weighted by Crippen LogP contribution is 2.23. The van der Waals surface area contributed by atoms with Crippen LogP contribution in [-0.4, -0.2) is 16.1 Å². The average molecular weight is 264 g/mol. The Bertz CT molecular complexity index is 585. The van der Waals surface area contributed by atoms with Gasteiger partial charge in [-0.3, -0.25) is 9.48 Å². The van der Waals surface area contributed by atoms with Crippen LogP contribution in [0.5, 0.6) is 0 Å². The molecule has 0 aliphatic heterocycles. The Hall–Kier alpha value is -2.04. The number of aldehydes is 1. The maximum atomic E-state index is 13.2. The van der Waals surface area contributed by atoms with Crippen molar-refractivity contribution in [3.63, 3.8) is 0 Å². The second kappa shape index (κ2) is 5.30. The molecule has 0 atom stereocenters. The highest BCUT2D eigenvalue weighted by atomic mass is 19.1. The molecule has 2 rings (SSSR count). The van der Waals surface area contributed by atoms with E-state index in [1.165, 1.54) is 0 Å². The van der Waals surface area contributed by atoms with Gasteiger partial charge in [-0.25, -0.2) is 8.78 Å². The molecule has 1 heterocycles. The first-order chi connectivity index (χ1) is 8.99. The summed E-state index contributed by atoms with van der Waals surface area (Å²) >= 11 is 0. The first-order valence-electron chi connectivity index (χ1n) is 5.98. The molecule has 0 saturated carbocycles. The minimum Gasteiger partial charge on any atom is -0.298 e. The molecule has 1 aromatic carbocycles. The van der Waals surface area contributed by atoms with Crippen molar-refractivity contribution in [3.05, 3.63) is 41.6 Å². The Morgan fingerprint density at radius 3 is 2.42 bits per heavy atom. The molecule has 0 aliphatic carbocycles. The van der Waals surface area contributed by atoms with E-state index in [0.717, 1.165) is 18.2 Å². The van der Waals surface area contributed by atoms with Crippen molar-refractivity contribution in [3.8, 4) is 11.3 Å². The number of nitrogens with zero attached hydrogens (tertiary/aromatic N) is 2. The number of rotatable bonds is 4. The summed E-state index contributed by atoms with van der Waals surface area (Å²) in [5.41, 5.74) is 0.891. The van der Waals surface area contributed by atoms with Crippen molar-refractivity contribution in [2.45, 2.75) is 20.4 Å². The number of carbonyl (C=O) groups is 1. The first-order valence-corrected chi connectivity index (χ1v) is 5.98. The van der Waals surface area contributed by atoms with Crippen LogP contribution in [-0.2, 0) is 6.54 Å². The van der Waals surface area contributed by atoms with Crippen molar-refractivity contribution < 1.29 is 13.6 Å². The molecule has 0 saturated heterocycles. The predicted octanol–water partition coefficient (Wildman–Crippen LogP) is 3.30. The fraction of sp³-hybridized carbons (Fsp3) is 0.286. The van der Waals surface area contributed by atoms with Crippen molar-refractivity contribution in [2.24, 2.45) is 5.92 Å². The molecule has 0 amide bonds. The molecule has 5 heteroatoms. The Labute approximate surface area is 109 Å². The smallest absolute Gasteiger partial charge is 0.153 e. The first kappa shape index (κ1) is 13.4. The quantitative estimate of drug-likeness (QED) is 0.794. The fourth-order valence-electron chi connectivity index (χ4n) is 1.91. The summed E-state index contributed by atoms with van der Waals surface area (Å²) in [6, 6.07) is 3.12. The van der Waals surface area contributed by atoms with E-state index in [2.05, 4.69) is 5.10 Å². The molecular formula is C14H14F2N2O. The molecule has 100 valence electrons. The van der Waals surface area contributed by atoms with Crippen molar-refractivity contribution in [1.82, 2.24) is 9.78 Å². The van der Waals surface area contributed by atoms with E-state index in [9.17, 15) is 13.6 Å². The third-order valence-corrected chi connectivity index (χ3v) is 2.61. The molecule has 0 spiro atoms. The van der Waals surface area contributed by atoms with Crippen LogP contribution in [0.3, 0.4) is 0 Å². The van der Waals surface area contributed by atoms with Crippen LogP contribution in [0.1, 0.15) is 24.2 Å². The number of aromatic nitrogens is 2. The SMILES string of the molecule is CC(C)Cn1cc(C=O)c(-c2cc(F)cc(F)c2)n1. The van der Waals surface area contributed by atoms with E-state index < -0.39 is 11.6 Å². The highest BCUT2D eigenvalue weighted by Gasteiger charge is 2.13. The van der Waals surface area contributed by atoms with E-state index in [0.29, 0.717) is 30.0 Å². The Balaban J connectivity index is 2.48. The van der Waals surface area contributed by atoms with Gasteiger partial charge < -0.3 is 0 Å². The Morgan fingerprint density at radius 1 is 1.26 bits per heavy atom. The number of hydrogen-bond acceptors (Lipinski definition) is 2. The van der Waals surface area contributed by atoms with Crippen LogP contribution in [0.25, 0.3) is 11.3 Å². The minimum atomic E-state index is -0.690. The third kappa shape index (κ3) is 3.05. The lowest BCUT2D eigenvalue weighted by Gasteiger charge is -2.04. The maximum absolute atomic E-state index is 13.2. The largest absolute Gasteiger partial charge is 0.298 e. The van der Waals surface area contributed by atoms with E-state index >= 15 is 0 Å². The maximum Gasteiger partial charge on any atom is 0.153 e. The van der Waals surface area contributed by atoms with Crippen LogP contribution in [0, 0.1) is 17.6 Å². The molecular weight excluding hydrogens is 250 g/mol. The van der Waals surface area contributed by atoms with E-state index in [1.807, 2.05) is 13.8 Å². The second-order valence-corrected chi connectivity index (χ2v) is 4.82. The van der Waals surface area contributed by atoms with Crippen LogP contribution < -0.4 is 0 Å². The summed E-state index contributed by atoms with van der Waals surface area (Å²) in [5.74, 6) is -1.02. The van der Waals surface area contributed by atoms with E-state index in [1.54, 1.807) is 10.9 Å². The highest BCUT2D eigenvalue weighted by molar-refractivity contribution is 5.85. The van der Waals surface area contributed by atoms with Gasteiger partial charge in [0.05, 0.1) is 5.56 Å². The Kier molecular flexibility index (Phi) is 3.74. The fourth-order valence-corrected chi connectivity index (χ4v) is 1.91. The van der Waals surface area contributed by atoms with Gasteiger partial charge in [0.2, 0.25) is 0 Å². The van der Waals surface area contributed by atoms with Crippen molar-refractivity contribution >= 4 is 6.29 Å². The van der Waals surface area contributed by atoms with Crippen molar-refractivity contribution in [1.29, 1.82) is 0 Å². The third-order valence-electron chi connectivity index (χ3n) is 2.61. The van der Waals surface area contributed by atoms with Gasteiger partial charge in [-0.15, -0.1) is 0 Å². The van der Waals surface area contributed by atoms with Gasteiger partial charge in [0, 0.05) is 24.4 Å². The predicted molar refractivity (Wildman–Crippen MR) is 67.8 cm³/mol. The lowest BCUT2D eigenvalue weighted by atomic mass is 10.1. The van der Waals surface area contributed by atoms with Crippen LogP contribution in [0.15, 0.2) is 24.4 Å². The topological polar surface area (TPSA) is 34.9 Å². The van der Waals surface area contributed by atoms with Crippen LogP contribution in [0.4, 0.5) is 8.78 Å². The minimum absolute atomic E-state index is 0.266. The summed E-state index contributed by atoms with van der Waals surface area (Å²) in [4.78, 5) is 11.0. The molecule has 0 N–H and O–H groups in total. The molecule has 0 aliphatic rings. The second-order valence-electron chi connectivity index (χ2n) is 4.82. The van der Waals surface area contributed by atoms with Gasteiger partial charge in [0.25, 0.3) is 0 Å². The zero-order chi connectivity index (χ0) is 14.0. The van der Waals surface area contributed by atoms with Gasteiger partial charge in [0.1, 0.15) is 17.3 Å². The molecule has 2 aromatic rings.